The molecule has 3 atom stereocenters. The Balaban J connectivity index is 1.66. The minimum Gasteiger partial charge on any atom is -0.387 e. The zero-order chi connectivity index (χ0) is 14.1. The fraction of sp³-hybridized carbons (Fsp3) is 0.444. The van der Waals surface area contributed by atoms with Gasteiger partial charge in [-0.1, -0.05) is 43.3 Å². The maximum atomic E-state index is 10.4. The van der Waals surface area contributed by atoms with Crippen molar-refractivity contribution >= 4 is 10.8 Å². The van der Waals surface area contributed by atoms with Crippen molar-refractivity contribution in [1.29, 1.82) is 0 Å². The molecule has 1 fully saturated rings. The third-order valence-electron chi connectivity index (χ3n) is 4.47. The SMILES string of the molecule is CC1CC1CN(C)CC(O)c1ccc2ccccc2c1. The lowest BCUT2D eigenvalue weighted by Gasteiger charge is -2.21. The molecule has 2 aromatic carbocycles. The van der Waals surface area contributed by atoms with Crippen LogP contribution >= 0.6 is 0 Å². The summed E-state index contributed by atoms with van der Waals surface area (Å²) < 4.78 is 0. The Morgan fingerprint density at radius 2 is 1.90 bits per heavy atom. The van der Waals surface area contributed by atoms with Crippen molar-refractivity contribution in [3.05, 3.63) is 48.0 Å². The van der Waals surface area contributed by atoms with Gasteiger partial charge in [-0.05, 0) is 47.7 Å². The molecule has 0 bridgehead atoms. The Morgan fingerprint density at radius 3 is 2.60 bits per heavy atom. The second-order valence-corrected chi connectivity index (χ2v) is 6.32. The zero-order valence-corrected chi connectivity index (χ0v) is 12.3. The van der Waals surface area contributed by atoms with Gasteiger partial charge in [0.1, 0.15) is 0 Å². The largest absolute Gasteiger partial charge is 0.387 e. The van der Waals surface area contributed by atoms with Crippen LogP contribution in [0.3, 0.4) is 0 Å². The molecule has 20 heavy (non-hydrogen) atoms. The predicted octanol–water partition coefficient (Wildman–Crippen LogP) is 3.46. The van der Waals surface area contributed by atoms with Crippen LogP contribution in [0.25, 0.3) is 10.8 Å². The molecule has 0 spiro atoms. The molecule has 1 aliphatic rings. The molecule has 0 saturated heterocycles. The first kappa shape index (κ1) is 13.6. The molecule has 2 aromatic rings. The van der Waals surface area contributed by atoms with Crippen molar-refractivity contribution in [2.45, 2.75) is 19.4 Å². The highest BCUT2D eigenvalue weighted by atomic mass is 16.3. The monoisotopic (exact) mass is 269 g/mol. The Bertz CT molecular complexity index is 595. The third kappa shape index (κ3) is 3.02. The first-order chi connectivity index (χ1) is 9.63. The number of rotatable bonds is 5. The third-order valence-corrected chi connectivity index (χ3v) is 4.47. The van der Waals surface area contributed by atoms with E-state index in [-0.39, 0.29) is 0 Å². The fourth-order valence-electron chi connectivity index (χ4n) is 2.94. The van der Waals surface area contributed by atoms with Gasteiger partial charge in [-0.15, -0.1) is 0 Å². The Kier molecular flexibility index (Phi) is 3.77. The van der Waals surface area contributed by atoms with E-state index in [4.69, 9.17) is 0 Å². The molecule has 2 heteroatoms. The van der Waals surface area contributed by atoms with Crippen LogP contribution in [0.2, 0.25) is 0 Å². The van der Waals surface area contributed by atoms with E-state index in [9.17, 15) is 5.11 Å². The number of hydrogen-bond acceptors (Lipinski definition) is 2. The molecule has 0 amide bonds. The van der Waals surface area contributed by atoms with Crippen molar-refractivity contribution in [1.82, 2.24) is 4.90 Å². The molecule has 1 N–H and O–H groups in total. The minimum atomic E-state index is -0.404. The summed E-state index contributed by atoms with van der Waals surface area (Å²) in [4.78, 5) is 2.26. The van der Waals surface area contributed by atoms with Crippen molar-refractivity contribution in [3.63, 3.8) is 0 Å². The van der Waals surface area contributed by atoms with Crippen LogP contribution in [0.4, 0.5) is 0 Å². The zero-order valence-electron chi connectivity index (χ0n) is 12.3. The molecule has 0 heterocycles. The summed E-state index contributed by atoms with van der Waals surface area (Å²) in [5.74, 6) is 1.71. The summed E-state index contributed by atoms with van der Waals surface area (Å²) in [5, 5.41) is 12.8. The summed E-state index contributed by atoms with van der Waals surface area (Å²) >= 11 is 0. The van der Waals surface area contributed by atoms with Crippen molar-refractivity contribution in [2.24, 2.45) is 11.8 Å². The Hall–Kier alpha value is -1.38. The van der Waals surface area contributed by atoms with E-state index in [1.165, 1.54) is 17.2 Å². The summed E-state index contributed by atoms with van der Waals surface area (Å²) in [7, 11) is 2.11. The van der Waals surface area contributed by atoms with Gasteiger partial charge in [-0.25, -0.2) is 0 Å². The molecule has 0 aromatic heterocycles. The first-order valence-corrected chi connectivity index (χ1v) is 7.49. The van der Waals surface area contributed by atoms with E-state index in [1.54, 1.807) is 0 Å². The summed E-state index contributed by atoms with van der Waals surface area (Å²) in [5.41, 5.74) is 1.01. The average Bonchev–Trinajstić information content (AvgIpc) is 3.13. The van der Waals surface area contributed by atoms with E-state index < -0.39 is 6.10 Å². The standard InChI is InChI=1S/C18H23NO/c1-13-9-17(13)11-19(2)12-18(20)16-8-7-14-5-3-4-6-15(14)10-16/h3-8,10,13,17-18,20H,9,11-12H2,1-2H3. The van der Waals surface area contributed by atoms with E-state index >= 15 is 0 Å². The van der Waals surface area contributed by atoms with E-state index in [2.05, 4.69) is 43.1 Å². The lowest BCUT2D eigenvalue weighted by Crippen LogP contribution is -2.27. The number of likely N-dealkylation sites (N-methyl/N-ethyl adjacent to an activating group) is 1. The van der Waals surface area contributed by atoms with Gasteiger partial charge in [-0.2, -0.15) is 0 Å². The van der Waals surface area contributed by atoms with Crippen molar-refractivity contribution in [3.8, 4) is 0 Å². The van der Waals surface area contributed by atoms with Gasteiger partial charge in [0.2, 0.25) is 0 Å². The van der Waals surface area contributed by atoms with Crippen LogP contribution < -0.4 is 0 Å². The lowest BCUT2D eigenvalue weighted by atomic mass is 10.0. The second kappa shape index (κ2) is 5.55. The van der Waals surface area contributed by atoms with Crippen molar-refractivity contribution < 1.29 is 5.11 Å². The van der Waals surface area contributed by atoms with Gasteiger partial charge in [0.15, 0.2) is 0 Å². The van der Waals surface area contributed by atoms with E-state index in [1.807, 2.05) is 18.2 Å². The average molecular weight is 269 g/mol. The molecule has 3 unspecified atom stereocenters. The Morgan fingerprint density at radius 1 is 1.20 bits per heavy atom. The molecule has 2 nitrogen and oxygen atoms in total. The van der Waals surface area contributed by atoms with Crippen LogP contribution in [0, 0.1) is 11.8 Å². The molecular weight excluding hydrogens is 246 g/mol. The molecule has 0 radical (unpaired) electrons. The number of benzene rings is 2. The fourth-order valence-corrected chi connectivity index (χ4v) is 2.94. The second-order valence-electron chi connectivity index (χ2n) is 6.32. The molecule has 3 rings (SSSR count). The van der Waals surface area contributed by atoms with Gasteiger partial charge < -0.3 is 10.0 Å². The lowest BCUT2D eigenvalue weighted by molar-refractivity contribution is 0.124. The number of fused-ring (bicyclic) bond motifs is 1. The predicted molar refractivity (Wildman–Crippen MR) is 83.7 cm³/mol. The van der Waals surface area contributed by atoms with Crippen LogP contribution in [-0.4, -0.2) is 30.1 Å². The quantitative estimate of drug-likeness (QED) is 0.898. The minimum absolute atomic E-state index is 0.404. The summed E-state index contributed by atoms with van der Waals surface area (Å²) in [6, 6.07) is 14.5. The topological polar surface area (TPSA) is 23.5 Å². The molecule has 106 valence electrons. The molecule has 1 aliphatic carbocycles. The number of aliphatic hydroxyl groups is 1. The number of hydrogen-bond donors (Lipinski definition) is 1. The maximum Gasteiger partial charge on any atom is 0.0917 e. The van der Waals surface area contributed by atoms with Crippen LogP contribution in [0.15, 0.2) is 42.5 Å². The Labute approximate surface area is 121 Å². The number of nitrogens with zero attached hydrogens (tertiary/aromatic N) is 1. The summed E-state index contributed by atoms with van der Waals surface area (Å²) in [6.07, 6.45) is 0.940. The van der Waals surface area contributed by atoms with Crippen LogP contribution in [-0.2, 0) is 0 Å². The molecular formula is C18H23NO. The van der Waals surface area contributed by atoms with Gasteiger partial charge in [0.25, 0.3) is 0 Å². The highest BCUT2D eigenvalue weighted by Crippen LogP contribution is 2.38. The number of aliphatic hydroxyl groups excluding tert-OH is 1. The van der Waals surface area contributed by atoms with Crippen molar-refractivity contribution in [2.75, 3.05) is 20.1 Å². The van der Waals surface area contributed by atoms with Gasteiger partial charge in [0.05, 0.1) is 6.10 Å². The van der Waals surface area contributed by atoms with Gasteiger partial charge in [0, 0.05) is 13.1 Å². The van der Waals surface area contributed by atoms with Crippen LogP contribution in [0.5, 0.6) is 0 Å². The normalized spacial score (nSPS) is 23.2. The highest BCUT2D eigenvalue weighted by molar-refractivity contribution is 5.83. The van der Waals surface area contributed by atoms with Gasteiger partial charge in [-0.3, -0.25) is 0 Å². The van der Waals surface area contributed by atoms with E-state index in [0.717, 1.165) is 23.9 Å². The first-order valence-electron chi connectivity index (χ1n) is 7.49. The molecule has 1 saturated carbocycles. The van der Waals surface area contributed by atoms with Gasteiger partial charge >= 0.3 is 0 Å². The molecule has 0 aliphatic heterocycles. The summed E-state index contributed by atoms with van der Waals surface area (Å²) in [6.45, 7) is 4.12. The van der Waals surface area contributed by atoms with E-state index in [0.29, 0.717) is 6.54 Å². The highest BCUT2D eigenvalue weighted by Gasteiger charge is 2.33. The van der Waals surface area contributed by atoms with Crippen LogP contribution in [0.1, 0.15) is 25.0 Å². The smallest absolute Gasteiger partial charge is 0.0917 e. The maximum absolute atomic E-state index is 10.4.